The molecule has 2 aromatic rings. The maximum absolute atomic E-state index is 4.61. The zero-order chi connectivity index (χ0) is 14.0. The molecular weight excluding hydrogens is 238 g/mol. The third kappa shape index (κ3) is 3.61. The maximum atomic E-state index is 4.61. The molecule has 0 atom stereocenters. The van der Waals surface area contributed by atoms with E-state index in [9.17, 15) is 0 Å². The Balaban J connectivity index is 2.28. The lowest BCUT2D eigenvalue weighted by atomic mass is 10.1. The summed E-state index contributed by atoms with van der Waals surface area (Å²) in [5.41, 5.74) is 2.97. The summed E-state index contributed by atoms with van der Waals surface area (Å²) in [5.74, 6) is 0.728. The van der Waals surface area contributed by atoms with Crippen LogP contribution in [0.1, 0.15) is 32.2 Å². The third-order valence-electron chi connectivity index (χ3n) is 2.75. The molecule has 0 aliphatic heterocycles. The fourth-order valence-electron chi connectivity index (χ4n) is 1.77. The molecule has 102 valence electrons. The van der Waals surface area contributed by atoms with Gasteiger partial charge in [0, 0.05) is 24.8 Å². The number of nitrogens with one attached hydrogen (secondary N) is 1. The van der Waals surface area contributed by atoms with Crippen molar-refractivity contribution in [3.05, 3.63) is 30.0 Å². The van der Waals surface area contributed by atoms with Gasteiger partial charge in [-0.15, -0.1) is 0 Å². The van der Waals surface area contributed by atoms with Crippen LogP contribution in [-0.2, 0) is 13.6 Å². The Labute approximate surface area is 114 Å². The van der Waals surface area contributed by atoms with Gasteiger partial charge in [-0.05, 0) is 33.8 Å². The molecule has 0 unspecified atom stereocenters. The van der Waals surface area contributed by atoms with Crippen LogP contribution in [-0.4, -0.2) is 25.1 Å². The highest BCUT2D eigenvalue weighted by atomic mass is 15.1. The molecule has 0 saturated heterocycles. The van der Waals surface area contributed by atoms with E-state index in [0.717, 1.165) is 29.5 Å². The van der Waals surface area contributed by atoms with Crippen molar-refractivity contribution in [1.82, 2.24) is 24.8 Å². The van der Waals surface area contributed by atoms with Crippen molar-refractivity contribution in [2.24, 2.45) is 7.05 Å². The molecule has 0 aromatic carbocycles. The van der Waals surface area contributed by atoms with Crippen molar-refractivity contribution >= 4 is 0 Å². The molecule has 2 heterocycles. The van der Waals surface area contributed by atoms with Crippen molar-refractivity contribution < 1.29 is 0 Å². The second kappa shape index (κ2) is 5.09. The van der Waals surface area contributed by atoms with Gasteiger partial charge in [-0.2, -0.15) is 0 Å². The topological polar surface area (TPSA) is 55.6 Å². The van der Waals surface area contributed by atoms with Gasteiger partial charge in [-0.25, -0.2) is 15.0 Å². The van der Waals surface area contributed by atoms with E-state index in [1.807, 2.05) is 24.6 Å². The highest BCUT2D eigenvalue weighted by molar-refractivity contribution is 5.48. The van der Waals surface area contributed by atoms with E-state index < -0.39 is 0 Å². The summed E-state index contributed by atoms with van der Waals surface area (Å²) in [6, 6.07) is 2.01. The number of nitrogens with zero attached hydrogens (tertiary/aromatic N) is 4. The molecule has 2 rings (SSSR count). The molecule has 0 amide bonds. The highest BCUT2D eigenvalue weighted by Gasteiger charge is 2.12. The van der Waals surface area contributed by atoms with Crippen LogP contribution < -0.4 is 5.32 Å². The van der Waals surface area contributed by atoms with Gasteiger partial charge in [-0.3, -0.25) is 0 Å². The molecule has 5 nitrogen and oxygen atoms in total. The van der Waals surface area contributed by atoms with Crippen LogP contribution in [0, 0.1) is 6.92 Å². The number of aromatic nitrogens is 4. The zero-order valence-corrected chi connectivity index (χ0v) is 12.2. The van der Waals surface area contributed by atoms with Crippen LogP contribution in [0.3, 0.4) is 0 Å². The molecule has 0 radical (unpaired) electrons. The lowest BCUT2D eigenvalue weighted by molar-refractivity contribution is 0.421. The van der Waals surface area contributed by atoms with E-state index in [1.54, 1.807) is 12.5 Å². The van der Waals surface area contributed by atoms with E-state index in [1.165, 1.54) is 0 Å². The van der Waals surface area contributed by atoms with Gasteiger partial charge < -0.3 is 9.88 Å². The van der Waals surface area contributed by atoms with Gasteiger partial charge in [0.05, 0.1) is 18.2 Å². The standard InChI is InChI=1S/C14H21N5/c1-10-6-11(7-16-14(2,3)4)18-13(17-10)12-8-15-9-19(12)5/h6,8-9,16H,7H2,1-5H3. The summed E-state index contributed by atoms with van der Waals surface area (Å²) >= 11 is 0. The van der Waals surface area contributed by atoms with Crippen LogP contribution in [0.25, 0.3) is 11.5 Å². The number of rotatable bonds is 3. The van der Waals surface area contributed by atoms with Crippen molar-refractivity contribution in [1.29, 1.82) is 0 Å². The van der Waals surface area contributed by atoms with Crippen molar-refractivity contribution in [3.8, 4) is 11.5 Å². The average Bonchev–Trinajstić information content (AvgIpc) is 2.71. The first-order chi connectivity index (χ1) is 8.85. The molecule has 1 N–H and O–H groups in total. The summed E-state index contributed by atoms with van der Waals surface area (Å²) < 4.78 is 1.93. The molecule has 0 fully saturated rings. The molecule has 2 aromatic heterocycles. The second-order valence-corrected chi connectivity index (χ2v) is 5.82. The highest BCUT2D eigenvalue weighted by Crippen LogP contribution is 2.15. The predicted molar refractivity (Wildman–Crippen MR) is 75.6 cm³/mol. The monoisotopic (exact) mass is 259 g/mol. The first-order valence-corrected chi connectivity index (χ1v) is 6.41. The average molecular weight is 259 g/mol. The second-order valence-electron chi connectivity index (χ2n) is 5.82. The van der Waals surface area contributed by atoms with Crippen molar-refractivity contribution in [2.75, 3.05) is 0 Å². The minimum atomic E-state index is 0.0749. The molecular formula is C14H21N5. The number of hydrogen-bond donors (Lipinski definition) is 1. The molecule has 5 heteroatoms. The summed E-state index contributed by atoms with van der Waals surface area (Å²) in [6.07, 6.45) is 3.55. The summed E-state index contributed by atoms with van der Waals surface area (Å²) in [7, 11) is 1.95. The Morgan fingerprint density at radius 3 is 2.58 bits per heavy atom. The molecule has 0 aliphatic carbocycles. The van der Waals surface area contributed by atoms with Crippen LogP contribution in [0.2, 0.25) is 0 Å². The van der Waals surface area contributed by atoms with E-state index in [2.05, 4.69) is 41.0 Å². The molecule has 0 saturated carbocycles. The lowest BCUT2D eigenvalue weighted by Gasteiger charge is -2.20. The van der Waals surface area contributed by atoms with E-state index in [0.29, 0.717) is 0 Å². The Hall–Kier alpha value is -1.75. The van der Waals surface area contributed by atoms with Crippen LogP contribution >= 0.6 is 0 Å². The Morgan fingerprint density at radius 2 is 2.00 bits per heavy atom. The van der Waals surface area contributed by atoms with Crippen molar-refractivity contribution in [2.45, 2.75) is 39.8 Å². The normalized spacial score (nSPS) is 11.8. The van der Waals surface area contributed by atoms with Gasteiger partial charge in [0.1, 0.15) is 5.69 Å². The van der Waals surface area contributed by atoms with Gasteiger partial charge in [0.25, 0.3) is 0 Å². The summed E-state index contributed by atoms with van der Waals surface area (Å²) in [6.45, 7) is 9.15. The van der Waals surface area contributed by atoms with E-state index >= 15 is 0 Å². The Kier molecular flexibility index (Phi) is 3.66. The fourth-order valence-corrected chi connectivity index (χ4v) is 1.77. The Bertz CT molecular complexity index is 565. The number of imidazole rings is 1. The van der Waals surface area contributed by atoms with Crippen LogP contribution in [0.5, 0.6) is 0 Å². The summed E-state index contributed by atoms with van der Waals surface area (Å²) in [4.78, 5) is 13.2. The van der Waals surface area contributed by atoms with E-state index in [4.69, 9.17) is 0 Å². The zero-order valence-electron chi connectivity index (χ0n) is 12.2. The third-order valence-corrected chi connectivity index (χ3v) is 2.75. The maximum Gasteiger partial charge on any atom is 0.178 e. The fraction of sp³-hybridized carbons (Fsp3) is 0.500. The number of hydrogen-bond acceptors (Lipinski definition) is 4. The summed E-state index contributed by atoms with van der Waals surface area (Å²) in [5, 5.41) is 3.44. The van der Waals surface area contributed by atoms with Gasteiger partial charge >= 0.3 is 0 Å². The van der Waals surface area contributed by atoms with Gasteiger partial charge in [0.15, 0.2) is 5.82 Å². The Morgan fingerprint density at radius 1 is 1.26 bits per heavy atom. The molecule has 0 spiro atoms. The lowest BCUT2D eigenvalue weighted by Crippen LogP contribution is -2.35. The van der Waals surface area contributed by atoms with Gasteiger partial charge in [0.2, 0.25) is 0 Å². The first-order valence-electron chi connectivity index (χ1n) is 6.41. The minimum absolute atomic E-state index is 0.0749. The minimum Gasteiger partial charge on any atom is -0.331 e. The SMILES string of the molecule is Cc1cc(CNC(C)(C)C)nc(-c2cncn2C)n1. The van der Waals surface area contributed by atoms with Crippen LogP contribution in [0.4, 0.5) is 0 Å². The quantitative estimate of drug-likeness (QED) is 0.917. The number of aryl methyl sites for hydroxylation is 2. The molecule has 19 heavy (non-hydrogen) atoms. The molecule has 0 aliphatic rings. The molecule has 0 bridgehead atoms. The van der Waals surface area contributed by atoms with Crippen LogP contribution in [0.15, 0.2) is 18.6 Å². The largest absolute Gasteiger partial charge is 0.331 e. The smallest absolute Gasteiger partial charge is 0.178 e. The first kappa shape index (κ1) is 13.7. The predicted octanol–water partition coefficient (Wildman–Crippen LogP) is 2.07. The van der Waals surface area contributed by atoms with E-state index in [-0.39, 0.29) is 5.54 Å². The van der Waals surface area contributed by atoms with Crippen molar-refractivity contribution in [3.63, 3.8) is 0 Å². The van der Waals surface area contributed by atoms with Gasteiger partial charge in [-0.1, -0.05) is 0 Å².